The molecule has 0 unspecified atom stereocenters. The van der Waals surface area contributed by atoms with Gasteiger partial charge in [0.05, 0.1) is 22.2 Å². The van der Waals surface area contributed by atoms with Crippen molar-refractivity contribution in [1.29, 1.82) is 0 Å². The first-order valence-corrected chi connectivity index (χ1v) is 9.96. The fraction of sp³-hybridized carbons (Fsp3) is 0.381. The van der Waals surface area contributed by atoms with Gasteiger partial charge >= 0.3 is 6.18 Å². The number of anilines is 2. The lowest BCUT2D eigenvalue weighted by Gasteiger charge is -2.20. The summed E-state index contributed by atoms with van der Waals surface area (Å²) in [5, 5.41) is 3.44. The highest BCUT2D eigenvalue weighted by atomic mass is 19.4. The molecule has 3 rings (SSSR count). The fourth-order valence-electron chi connectivity index (χ4n) is 3.33. The maximum Gasteiger partial charge on any atom is 0.417 e. The smallest absolute Gasteiger partial charge is 0.417 e. The number of ether oxygens (including phenoxy) is 1. The van der Waals surface area contributed by atoms with E-state index in [4.69, 9.17) is 10.5 Å². The Morgan fingerprint density at radius 3 is 2.26 bits per heavy atom. The molecule has 0 aliphatic heterocycles. The highest BCUT2D eigenvalue weighted by Crippen LogP contribution is 2.42. The predicted octanol–water partition coefficient (Wildman–Crippen LogP) is 4.51. The van der Waals surface area contributed by atoms with Gasteiger partial charge in [0.25, 0.3) is 0 Å². The molecule has 13 heteroatoms. The van der Waals surface area contributed by atoms with Crippen LogP contribution in [0.25, 0.3) is 22.3 Å². The molecule has 0 saturated carbocycles. The molecular weight excluding hydrogens is 466 g/mol. The number of nitrogen functional groups attached to an aromatic ring is 1. The van der Waals surface area contributed by atoms with Crippen molar-refractivity contribution >= 4 is 22.8 Å². The van der Waals surface area contributed by atoms with Gasteiger partial charge in [-0.25, -0.2) is 4.98 Å². The minimum absolute atomic E-state index is 0. The highest BCUT2D eigenvalue weighted by molar-refractivity contribution is 5.89. The number of nitrogens with zero attached hydrogens (tertiary/aromatic N) is 4. The summed E-state index contributed by atoms with van der Waals surface area (Å²) in [5.74, 6) is 0.535. The largest absolute Gasteiger partial charge is 0.492 e. The molecule has 0 bridgehead atoms. The fourth-order valence-corrected chi connectivity index (χ4v) is 3.33. The number of pyridine rings is 1. The zero-order chi connectivity index (χ0) is 22.6. The molecule has 2 aromatic heterocycles. The van der Waals surface area contributed by atoms with Crippen LogP contribution in [-0.4, -0.2) is 53.1 Å². The van der Waals surface area contributed by atoms with Crippen LogP contribution >= 0.6 is 0 Å². The summed E-state index contributed by atoms with van der Waals surface area (Å²) >= 11 is 0. The number of hydrogen-bond acceptors (Lipinski definition) is 7. The van der Waals surface area contributed by atoms with Gasteiger partial charge in [-0.3, -0.25) is 14.1 Å². The maximum absolute atomic E-state index is 13.8. The van der Waals surface area contributed by atoms with Crippen LogP contribution in [0.3, 0.4) is 0 Å². The van der Waals surface area contributed by atoms with Gasteiger partial charge in [0, 0.05) is 13.6 Å². The average Bonchev–Trinajstić information content (AvgIpc) is 2.74. The zero-order valence-electron chi connectivity index (χ0n) is 18.8. The van der Waals surface area contributed by atoms with E-state index in [0.29, 0.717) is 17.7 Å². The predicted molar refractivity (Wildman–Crippen MR) is 123 cm³/mol. The van der Waals surface area contributed by atoms with Gasteiger partial charge in [-0.1, -0.05) is 19.9 Å². The van der Waals surface area contributed by atoms with Crippen LogP contribution in [0.1, 0.15) is 19.4 Å². The van der Waals surface area contributed by atoms with Crippen LogP contribution in [-0.2, 0) is 6.18 Å². The third kappa shape index (κ3) is 6.59. The standard InChI is InChI=1S/C21H25F3N6O.3FH/c1-4-30(5-2)11-12-31-16-8-6-7-14(21(22,23)24)17(16)15-10-9-13-18(26-3)28-20(25)29-19(13)27-15;;;/h6-10H,4-5,11-12H2,1-3H3,(H3,25,26,27,28,29);3*1H. The first-order valence-electron chi connectivity index (χ1n) is 9.96. The van der Waals surface area contributed by atoms with Crippen LogP contribution in [0.15, 0.2) is 30.3 Å². The lowest BCUT2D eigenvalue weighted by atomic mass is 10.0. The molecule has 34 heavy (non-hydrogen) atoms. The number of alkyl halides is 3. The number of fused-ring (bicyclic) bond motifs is 1. The Kier molecular flexibility index (Phi) is 11.5. The molecule has 7 nitrogen and oxygen atoms in total. The van der Waals surface area contributed by atoms with Gasteiger partial charge in [-0.05, 0) is 37.4 Å². The summed E-state index contributed by atoms with van der Waals surface area (Å²) in [6.07, 6.45) is -4.58. The molecule has 3 N–H and O–H groups in total. The van der Waals surface area contributed by atoms with E-state index in [9.17, 15) is 13.2 Å². The SMILES string of the molecule is CCN(CC)CCOc1cccc(C(F)(F)F)c1-c1ccc2c(NC)nc(N)nc2n1.F.F.F. The Morgan fingerprint density at radius 1 is 1.00 bits per heavy atom. The van der Waals surface area contributed by atoms with Gasteiger partial charge in [0.15, 0.2) is 5.65 Å². The van der Waals surface area contributed by atoms with E-state index in [0.717, 1.165) is 19.2 Å². The van der Waals surface area contributed by atoms with Crippen molar-refractivity contribution < 1.29 is 32.0 Å². The number of likely N-dealkylation sites (N-methyl/N-ethyl adjacent to an activating group) is 1. The summed E-state index contributed by atoms with van der Waals surface area (Å²) in [4.78, 5) is 14.7. The van der Waals surface area contributed by atoms with Crippen LogP contribution in [0, 0.1) is 0 Å². The van der Waals surface area contributed by atoms with Gasteiger partial charge in [0.2, 0.25) is 5.95 Å². The summed E-state index contributed by atoms with van der Waals surface area (Å²) in [6, 6.07) is 7.00. The van der Waals surface area contributed by atoms with E-state index in [1.54, 1.807) is 13.1 Å². The Hall–Kier alpha value is -3.35. The second-order valence-electron chi connectivity index (χ2n) is 6.80. The molecule has 0 radical (unpaired) electrons. The molecule has 0 aliphatic rings. The van der Waals surface area contributed by atoms with E-state index in [1.165, 1.54) is 18.2 Å². The second kappa shape index (κ2) is 12.8. The minimum atomic E-state index is -4.58. The number of halogens is 6. The van der Waals surface area contributed by atoms with E-state index >= 15 is 0 Å². The molecule has 0 spiro atoms. The molecule has 0 amide bonds. The number of nitrogens with two attached hydrogens (primary N) is 1. The van der Waals surface area contributed by atoms with Gasteiger partial charge in [-0.2, -0.15) is 23.1 Å². The van der Waals surface area contributed by atoms with Gasteiger partial charge in [-0.15, -0.1) is 0 Å². The lowest BCUT2D eigenvalue weighted by molar-refractivity contribution is -0.137. The Labute approximate surface area is 192 Å². The Morgan fingerprint density at radius 2 is 1.68 bits per heavy atom. The summed E-state index contributed by atoms with van der Waals surface area (Å²) in [7, 11) is 1.66. The van der Waals surface area contributed by atoms with Crippen LogP contribution in [0.4, 0.5) is 39.1 Å². The molecule has 0 aliphatic carbocycles. The second-order valence-corrected chi connectivity index (χ2v) is 6.80. The van der Waals surface area contributed by atoms with Crippen molar-refractivity contribution in [1.82, 2.24) is 19.9 Å². The van der Waals surface area contributed by atoms with Gasteiger partial charge in [0.1, 0.15) is 18.2 Å². The minimum Gasteiger partial charge on any atom is -0.492 e. The van der Waals surface area contributed by atoms with Crippen molar-refractivity contribution in [3.8, 4) is 17.0 Å². The summed E-state index contributed by atoms with van der Waals surface area (Å²) in [6.45, 7) is 6.55. The first kappa shape index (κ1) is 30.6. The lowest BCUT2D eigenvalue weighted by Crippen LogP contribution is -2.28. The van der Waals surface area contributed by atoms with E-state index in [2.05, 4.69) is 25.2 Å². The van der Waals surface area contributed by atoms with Gasteiger partial charge < -0.3 is 20.7 Å². The summed E-state index contributed by atoms with van der Waals surface area (Å²) < 4.78 is 47.3. The molecule has 0 fully saturated rings. The topological polar surface area (TPSA) is 89.2 Å². The number of hydrogen-bond donors (Lipinski definition) is 2. The third-order valence-corrected chi connectivity index (χ3v) is 4.96. The molecule has 190 valence electrons. The molecular formula is C21H28F6N6O. The summed E-state index contributed by atoms with van der Waals surface area (Å²) in [5.41, 5.74) is 5.07. The van der Waals surface area contributed by atoms with Crippen LogP contribution in [0.2, 0.25) is 0 Å². The number of benzene rings is 1. The average molecular weight is 494 g/mol. The first-order chi connectivity index (χ1) is 14.8. The Bertz CT molecular complexity index is 1060. The van der Waals surface area contributed by atoms with Crippen molar-refractivity contribution in [2.45, 2.75) is 20.0 Å². The van der Waals surface area contributed by atoms with E-state index < -0.39 is 11.7 Å². The number of aromatic nitrogens is 3. The number of nitrogens with one attached hydrogen (secondary N) is 1. The monoisotopic (exact) mass is 494 g/mol. The van der Waals surface area contributed by atoms with Crippen LogP contribution < -0.4 is 15.8 Å². The zero-order valence-corrected chi connectivity index (χ0v) is 18.8. The normalized spacial score (nSPS) is 10.8. The molecule has 1 aromatic carbocycles. The third-order valence-electron chi connectivity index (χ3n) is 4.96. The maximum atomic E-state index is 13.8. The van der Waals surface area contributed by atoms with Crippen molar-refractivity contribution in [2.24, 2.45) is 0 Å². The van der Waals surface area contributed by atoms with E-state index in [-0.39, 0.29) is 49.3 Å². The molecule has 0 atom stereocenters. The van der Waals surface area contributed by atoms with Crippen LogP contribution in [0.5, 0.6) is 5.75 Å². The van der Waals surface area contributed by atoms with Crippen molar-refractivity contribution in [3.63, 3.8) is 0 Å². The number of rotatable bonds is 8. The van der Waals surface area contributed by atoms with E-state index in [1.807, 2.05) is 13.8 Å². The molecule has 0 saturated heterocycles. The highest BCUT2D eigenvalue weighted by Gasteiger charge is 2.35. The Balaban J connectivity index is 0.00000363. The molecule has 2 heterocycles. The quantitative estimate of drug-likeness (QED) is 0.446. The van der Waals surface area contributed by atoms with Crippen molar-refractivity contribution in [3.05, 3.63) is 35.9 Å². The van der Waals surface area contributed by atoms with Crippen molar-refractivity contribution in [2.75, 3.05) is 44.3 Å². The molecule has 3 aromatic rings.